The molecule has 0 aliphatic rings. The fourth-order valence-corrected chi connectivity index (χ4v) is 4.85. The van der Waals surface area contributed by atoms with E-state index in [0.717, 1.165) is 11.1 Å². The van der Waals surface area contributed by atoms with E-state index in [2.05, 4.69) is 28.1 Å². The van der Waals surface area contributed by atoms with Gasteiger partial charge < -0.3 is 0 Å². The number of hydrogen-bond donors (Lipinski definition) is 0. The van der Waals surface area contributed by atoms with Gasteiger partial charge in [-0.15, -0.1) is 0 Å². The summed E-state index contributed by atoms with van der Waals surface area (Å²) in [5.74, 6) is 0.148. The molecule has 0 aromatic heterocycles. The topological polar surface area (TPSA) is 40.9 Å². The maximum atomic E-state index is 10.9. The van der Waals surface area contributed by atoms with Crippen molar-refractivity contribution >= 4 is 47.6 Å². The van der Waals surface area contributed by atoms with Crippen molar-refractivity contribution in [3.05, 3.63) is 70.8 Å². The SMILES string of the molecule is C[Te]Cc1ccc(C#N)cc1.C[Te]Cc1ccc(C(C)=O)cc1. The molecule has 0 radical (unpaired) electrons. The van der Waals surface area contributed by atoms with Crippen molar-refractivity contribution in [2.75, 3.05) is 0 Å². The number of carbonyl (C=O) groups is 1. The van der Waals surface area contributed by atoms with Crippen molar-refractivity contribution in [2.24, 2.45) is 0 Å². The molecule has 23 heavy (non-hydrogen) atoms. The van der Waals surface area contributed by atoms with E-state index in [1.165, 1.54) is 20.1 Å². The van der Waals surface area contributed by atoms with Crippen LogP contribution in [0.1, 0.15) is 34.0 Å². The third-order valence-electron chi connectivity index (χ3n) is 3.07. The Morgan fingerprint density at radius 2 is 1.35 bits per heavy atom. The Kier molecular flexibility index (Phi) is 10.3. The number of nitrogens with zero attached hydrogens (tertiary/aromatic N) is 1. The predicted molar refractivity (Wildman–Crippen MR) is 98.2 cm³/mol. The molecular formula is C19H21NOTe2. The van der Waals surface area contributed by atoms with E-state index < -0.39 is 0 Å². The molecule has 2 aromatic rings. The monoisotopic (exact) mass is 539 g/mol. The molecule has 4 heteroatoms. The van der Waals surface area contributed by atoms with Gasteiger partial charge in [0.25, 0.3) is 0 Å². The van der Waals surface area contributed by atoms with Crippen LogP contribution in [0.3, 0.4) is 0 Å². The first-order valence-corrected chi connectivity index (χ1v) is 15.1. The van der Waals surface area contributed by atoms with Gasteiger partial charge in [0, 0.05) is 0 Å². The van der Waals surface area contributed by atoms with Crippen LogP contribution in [0.5, 0.6) is 0 Å². The van der Waals surface area contributed by atoms with Gasteiger partial charge in [-0.05, 0) is 0 Å². The van der Waals surface area contributed by atoms with Crippen LogP contribution in [0.2, 0.25) is 9.94 Å². The molecule has 0 heterocycles. The Morgan fingerprint density at radius 1 is 0.913 bits per heavy atom. The summed E-state index contributed by atoms with van der Waals surface area (Å²) < 4.78 is 2.46. The summed E-state index contributed by atoms with van der Waals surface area (Å²) in [6.45, 7) is 1.60. The van der Waals surface area contributed by atoms with E-state index in [9.17, 15) is 4.79 Å². The Morgan fingerprint density at radius 3 is 1.70 bits per heavy atom. The zero-order chi connectivity index (χ0) is 17.1. The minimum atomic E-state index is 0.148. The van der Waals surface area contributed by atoms with Crippen LogP contribution in [0.25, 0.3) is 0 Å². The average Bonchev–Trinajstić information content (AvgIpc) is 2.57. The first kappa shape index (κ1) is 20.2. The fraction of sp³-hybridized carbons (Fsp3) is 0.263. The zero-order valence-electron chi connectivity index (χ0n) is 13.7. The average molecular weight is 535 g/mol. The Balaban J connectivity index is 0.000000231. The summed E-state index contributed by atoms with van der Waals surface area (Å²) in [6, 6.07) is 17.9. The summed E-state index contributed by atoms with van der Waals surface area (Å²) in [7, 11) is 0. The molecule has 0 N–H and O–H groups in total. The third-order valence-corrected chi connectivity index (χ3v) is 6.62. The quantitative estimate of drug-likeness (QED) is 0.431. The van der Waals surface area contributed by atoms with Gasteiger partial charge in [0.15, 0.2) is 0 Å². The Labute approximate surface area is 159 Å². The molecule has 0 unspecified atom stereocenters. The van der Waals surface area contributed by atoms with Crippen LogP contribution in [-0.2, 0) is 8.94 Å². The predicted octanol–water partition coefficient (Wildman–Crippen LogP) is 3.95. The Hall–Kier alpha value is -0.821. The first-order valence-electron chi connectivity index (χ1n) is 7.17. The van der Waals surface area contributed by atoms with Gasteiger partial charge in [0.05, 0.1) is 0 Å². The molecule has 0 aliphatic heterocycles. The summed E-state index contributed by atoms with van der Waals surface area (Å²) in [5, 5.41) is 8.52. The fourth-order valence-electron chi connectivity index (χ4n) is 1.84. The van der Waals surface area contributed by atoms with Crippen molar-refractivity contribution < 1.29 is 4.79 Å². The number of Topliss-reactive ketones (excluding diaryl/α,β-unsaturated/α-hetero) is 1. The molecule has 0 saturated carbocycles. The van der Waals surface area contributed by atoms with Crippen molar-refractivity contribution in [2.45, 2.75) is 25.8 Å². The zero-order valence-corrected chi connectivity index (χ0v) is 18.4. The molecule has 0 saturated heterocycles. The van der Waals surface area contributed by atoms with Crippen LogP contribution < -0.4 is 0 Å². The molecule has 2 nitrogen and oxygen atoms in total. The van der Waals surface area contributed by atoms with Crippen molar-refractivity contribution in [1.29, 1.82) is 5.26 Å². The van der Waals surface area contributed by atoms with Gasteiger partial charge in [-0.1, -0.05) is 0 Å². The molecular weight excluding hydrogens is 513 g/mol. The van der Waals surface area contributed by atoms with E-state index >= 15 is 0 Å². The molecule has 2 rings (SSSR count). The summed E-state index contributed by atoms with van der Waals surface area (Å²) in [6.07, 6.45) is 0. The third kappa shape index (κ3) is 8.01. The molecule has 0 atom stereocenters. The molecule has 120 valence electrons. The van der Waals surface area contributed by atoms with Crippen LogP contribution in [0.4, 0.5) is 0 Å². The number of ketones is 1. The standard InChI is InChI=1S/C10H12OTe.C9H9NTe/c1-8(11)10-5-3-9(4-6-10)7-12-2;1-11-7-9-4-2-8(6-10)3-5-9/h3-6H,7H2,1-2H3;2-5H,7H2,1H3. The molecule has 0 aliphatic carbocycles. The normalized spacial score (nSPS) is 9.48. The van der Waals surface area contributed by atoms with Crippen LogP contribution in [0, 0.1) is 11.3 Å². The molecule has 2 aromatic carbocycles. The molecule has 0 amide bonds. The second kappa shape index (κ2) is 11.7. The van der Waals surface area contributed by atoms with Gasteiger partial charge in [0.1, 0.15) is 0 Å². The van der Waals surface area contributed by atoms with Gasteiger partial charge in [-0.25, -0.2) is 0 Å². The van der Waals surface area contributed by atoms with E-state index in [-0.39, 0.29) is 47.6 Å². The van der Waals surface area contributed by atoms with Crippen LogP contribution in [0.15, 0.2) is 48.5 Å². The summed E-state index contributed by atoms with van der Waals surface area (Å²) >= 11 is 0.348. The number of carbonyl (C=O) groups excluding carboxylic acids is 1. The van der Waals surface area contributed by atoms with Crippen LogP contribution >= 0.6 is 0 Å². The minimum absolute atomic E-state index is 0.148. The van der Waals surface area contributed by atoms with E-state index in [1.807, 2.05) is 36.4 Å². The van der Waals surface area contributed by atoms with Crippen LogP contribution in [-0.4, -0.2) is 47.6 Å². The molecule has 0 spiro atoms. The summed E-state index contributed by atoms with van der Waals surface area (Å²) in [4.78, 5) is 15.5. The van der Waals surface area contributed by atoms with Crippen molar-refractivity contribution in [3.63, 3.8) is 0 Å². The van der Waals surface area contributed by atoms with E-state index in [1.54, 1.807) is 6.92 Å². The van der Waals surface area contributed by atoms with E-state index in [0.29, 0.717) is 0 Å². The molecule has 0 fully saturated rings. The number of benzene rings is 2. The summed E-state index contributed by atoms with van der Waals surface area (Å²) in [5.41, 5.74) is 4.31. The maximum absolute atomic E-state index is 10.9. The van der Waals surface area contributed by atoms with Gasteiger partial charge in [-0.2, -0.15) is 0 Å². The van der Waals surface area contributed by atoms with E-state index in [4.69, 9.17) is 5.26 Å². The number of rotatable bonds is 5. The second-order valence-electron chi connectivity index (χ2n) is 4.93. The first-order chi connectivity index (χ1) is 11.1. The molecule has 0 bridgehead atoms. The second-order valence-corrected chi connectivity index (χ2v) is 9.87. The van der Waals surface area contributed by atoms with Crippen molar-refractivity contribution in [3.8, 4) is 6.07 Å². The number of nitriles is 1. The Bertz CT molecular complexity index is 643. The van der Waals surface area contributed by atoms with Crippen molar-refractivity contribution in [1.82, 2.24) is 0 Å². The van der Waals surface area contributed by atoms with Gasteiger partial charge in [0.2, 0.25) is 0 Å². The number of hydrogen-bond acceptors (Lipinski definition) is 2. The van der Waals surface area contributed by atoms with Gasteiger partial charge >= 0.3 is 160 Å². The van der Waals surface area contributed by atoms with Gasteiger partial charge in [-0.3, -0.25) is 0 Å².